The molecule has 1 aromatic carbocycles. The van der Waals surface area contributed by atoms with Gasteiger partial charge < -0.3 is 10.1 Å². The zero-order chi connectivity index (χ0) is 23.0. The minimum Gasteiger partial charge on any atom is -0.444 e. The number of nitrogens with one attached hydrogen (secondary N) is 1. The number of alkyl carbamates (subject to hydrolysis) is 1. The minimum atomic E-state index is -0.471. The van der Waals surface area contributed by atoms with E-state index in [2.05, 4.69) is 11.4 Å². The SMILES string of the molecule is CC(C)(C)OC(=O)N[C@H]1CC2(C1)C[C@H](c1nn(C(C3CC3)C3CC3)c(=O)c3ccccc31)C2. The normalized spacial score (nSPS) is 29.1. The molecule has 4 fully saturated rings. The van der Waals surface area contributed by atoms with E-state index in [1.165, 1.54) is 25.7 Å². The molecule has 6 nitrogen and oxygen atoms in total. The zero-order valence-corrected chi connectivity index (χ0v) is 20.0. The summed E-state index contributed by atoms with van der Waals surface area (Å²) in [6, 6.07) is 8.55. The van der Waals surface area contributed by atoms with E-state index in [-0.39, 0.29) is 17.7 Å². The van der Waals surface area contributed by atoms with E-state index in [0.29, 0.717) is 29.2 Å². The van der Waals surface area contributed by atoms with E-state index in [1.807, 2.05) is 43.7 Å². The number of hydrogen-bond donors (Lipinski definition) is 1. The first-order chi connectivity index (χ1) is 15.7. The standard InChI is InChI=1S/C27H35N3O3/c1-26(2,3)33-25(32)28-19-14-27(15-19)12-18(13-27)22-20-6-4-5-7-21(20)24(31)30(29-22)23(16-8-9-16)17-10-11-17/h4-7,16-19,23H,8-15H2,1-3H3,(H,28,32)/t18-,19-,27?. The van der Waals surface area contributed by atoms with Crippen LogP contribution in [0.1, 0.15) is 89.8 Å². The van der Waals surface area contributed by atoms with Crippen molar-refractivity contribution in [3.8, 4) is 0 Å². The van der Waals surface area contributed by atoms with Crippen LogP contribution in [0.3, 0.4) is 0 Å². The van der Waals surface area contributed by atoms with Gasteiger partial charge in [-0.25, -0.2) is 9.48 Å². The number of nitrogens with zero attached hydrogens (tertiary/aromatic N) is 2. The number of rotatable bonds is 5. The van der Waals surface area contributed by atoms with Crippen molar-refractivity contribution in [1.29, 1.82) is 0 Å². The molecule has 33 heavy (non-hydrogen) atoms. The van der Waals surface area contributed by atoms with Crippen LogP contribution in [0.4, 0.5) is 4.79 Å². The summed E-state index contributed by atoms with van der Waals surface area (Å²) in [5.74, 6) is 1.66. The molecule has 6 rings (SSSR count). The van der Waals surface area contributed by atoms with Gasteiger partial charge in [0.15, 0.2) is 0 Å². The average molecular weight is 450 g/mol. The van der Waals surface area contributed by atoms with Crippen molar-refractivity contribution in [3.63, 3.8) is 0 Å². The molecule has 0 radical (unpaired) electrons. The number of aromatic nitrogens is 2. The number of ether oxygens (including phenoxy) is 1. The number of amides is 1. The maximum absolute atomic E-state index is 13.4. The Bertz CT molecular complexity index is 1130. The van der Waals surface area contributed by atoms with Crippen LogP contribution < -0.4 is 10.9 Å². The summed E-state index contributed by atoms with van der Waals surface area (Å²) in [7, 11) is 0. The van der Waals surface area contributed by atoms with Gasteiger partial charge in [-0.05, 0) is 95.5 Å². The molecule has 0 saturated heterocycles. The molecular weight excluding hydrogens is 414 g/mol. The van der Waals surface area contributed by atoms with Gasteiger partial charge >= 0.3 is 6.09 Å². The molecule has 0 atom stereocenters. The van der Waals surface area contributed by atoms with Crippen LogP contribution >= 0.6 is 0 Å². The average Bonchev–Trinajstić information content (AvgIpc) is 3.59. The number of fused-ring (bicyclic) bond motifs is 1. The van der Waals surface area contributed by atoms with E-state index in [4.69, 9.17) is 9.84 Å². The Labute approximate surface area is 195 Å². The maximum Gasteiger partial charge on any atom is 0.407 e. The van der Waals surface area contributed by atoms with Crippen LogP contribution in [0.2, 0.25) is 0 Å². The fourth-order valence-corrected chi connectivity index (χ4v) is 6.47. The lowest BCUT2D eigenvalue weighted by atomic mass is 9.49. The molecule has 1 spiro atoms. The van der Waals surface area contributed by atoms with Gasteiger partial charge in [0.1, 0.15) is 5.60 Å². The summed E-state index contributed by atoms with van der Waals surface area (Å²) in [6.07, 6.45) is 8.81. The molecule has 1 N–H and O–H groups in total. The van der Waals surface area contributed by atoms with E-state index < -0.39 is 5.60 Å². The summed E-state index contributed by atoms with van der Waals surface area (Å²) in [4.78, 5) is 25.5. The van der Waals surface area contributed by atoms with Crippen molar-refractivity contribution in [2.75, 3.05) is 0 Å². The molecule has 2 aromatic rings. The fourth-order valence-electron chi connectivity index (χ4n) is 6.47. The Morgan fingerprint density at radius 2 is 1.67 bits per heavy atom. The molecule has 1 heterocycles. The van der Waals surface area contributed by atoms with E-state index in [1.54, 1.807) is 0 Å². The molecule has 1 aromatic heterocycles. The maximum atomic E-state index is 13.4. The summed E-state index contributed by atoms with van der Waals surface area (Å²) in [6.45, 7) is 5.66. The highest BCUT2D eigenvalue weighted by molar-refractivity contribution is 5.84. The number of benzene rings is 1. The van der Waals surface area contributed by atoms with Gasteiger partial charge in [0, 0.05) is 17.3 Å². The summed E-state index contributed by atoms with van der Waals surface area (Å²) < 4.78 is 7.30. The van der Waals surface area contributed by atoms with Crippen molar-refractivity contribution >= 4 is 16.9 Å². The first-order valence-corrected chi connectivity index (χ1v) is 12.7. The van der Waals surface area contributed by atoms with Crippen LogP contribution in [0.5, 0.6) is 0 Å². The van der Waals surface area contributed by atoms with Gasteiger partial charge in [-0.1, -0.05) is 18.2 Å². The summed E-state index contributed by atoms with van der Waals surface area (Å²) in [5.41, 5.74) is 1.05. The first-order valence-electron chi connectivity index (χ1n) is 12.7. The largest absolute Gasteiger partial charge is 0.444 e. The molecule has 176 valence electrons. The molecule has 6 heteroatoms. The monoisotopic (exact) mass is 449 g/mol. The summed E-state index contributed by atoms with van der Waals surface area (Å²) in [5, 5.41) is 9.98. The fraction of sp³-hybridized carbons (Fsp3) is 0.667. The van der Waals surface area contributed by atoms with E-state index in [9.17, 15) is 9.59 Å². The molecule has 0 aliphatic heterocycles. The lowest BCUT2D eigenvalue weighted by Crippen LogP contribution is -2.56. The quantitative estimate of drug-likeness (QED) is 0.671. The molecule has 4 saturated carbocycles. The van der Waals surface area contributed by atoms with Crippen LogP contribution in [0.15, 0.2) is 29.1 Å². The van der Waals surface area contributed by atoms with Crippen LogP contribution in [-0.4, -0.2) is 27.5 Å². The second-order valence-electron chi connectivity index (χ2n) is 12.2. The van der Waals surface area contributed by atoms with E-state index >= 15 is 0 Å². The minimum absolute atomic E-state index is 0.0949. The third-order valence-electron chi connectivity index (χ3n) is 8.17. The third-order valence-corrected chi connectivity index (χ3v) is 8.17. The van der Waals surface area contributed by atoms with Crippen molar-refractivity contribution in [1.82, 2.24) is 15.1 Å². The first kappa shape index (κ1) is 21.2. The van der Waals surface area contributed by atoms with Gasteiger partial charge in [0.25, 0.3) is 5.56 Å². The Kier molecular flexibility index (Phi) is 4.69. The second-order valence-corrected chi connectivity index (χ2v) is 12.2. The van der Waals surface area contributed by atoms with Crippen molar-refractivity contribution in [3.05, 3.63) is 40.3 Å². The van der Waals surface area contributed by atoms with Crippen LogP contribution in [0.25, 0.3) is 10.8 Å². The van der Waals surface area contributed by atoms with Crippen LogP contribution in [0, 0.1) is 17.3 Å². The Balaban J connectivity index is 1.20. The Morgan fingerprint density at radius 3 is 2.24 bits per heavy atom. The van der Waals surface area contributed by atoms with E-state index in [0.717, 1.165) is 42.1 Å². The predicted octanol–water partition coefficient (Wildman–Crippen LogP) is 5.31. The van der Waals surface area contributed by atoms with Crippen molar-refractivity contribution < 1.29 is 9.53 Å². The van der Waals surface area contributed by atoms with Gasteiger partial charge in [-0.15, -0.1) is 0 Å². The zero-order valence-electron chi connectivity index (χ0n) is 20.0. The lowest BCUT2D eigenvalue weighted by molar-refractivity contribution is -0.0263. The van der Waals surface area contributed by atoms with Crippen molar-refractivity contribution in [2.45, 2.75) is 95.7 Å². The lowest BCUT2D eigenvalue weighted by Gasteiger charge is -2.57. The number of hydrogen-bond acceptors (Lipinski definition) is 4. The molecule has 0 unspecified atom stereocenters. The number of carbonyl (C=O) groups excluding carboxylic acids is 1. The van der Waals surface area contributed by atoms with Gasteiger partial charge in [-0.3, -0.25) is 4.79 Å². The van der Waals surface area contributed by atoms with Gasteiger partial charge in [0.05, 0.1) is 17.1 Å². The summed E-state index contributed by atoms with van der Waals surface area (Å²) >= 11 is 0. The molecule has 4 aliphatic rings. The molecular formula is C27H35N3O3. The predicted molar refractivity (Wildman–Crippen MR) is 127 cm³/mol. The molecule has 1 amide bonds. The van der Waals surface area contributed by atoms with Crippen LogP contribution in [-0.2, 0) is 4.74 Å². The Hall–Kier alpha value is -2.37. The Morgan fingerprint density at radius 1 is 1.06 bits per heavy atom. The topological polar surface area (TPSA) is 73.2 Å². The third kappa shape index (κ3) is 3.95. The highest BCUT2D eigenvalue weighted by Crippen LogP contribution is 2.62. The smallest absolute Gasteiger partial charge is 0.407 e. The van der Waals surface area contributed by atoms with Gasteiger partial charge in [0.2, 0.25) is 0 Å². The highest BCUT2D eigenvalue weighted by atomic mass is 16.6. The van der Waals surface area contributed by atoms with Crippen molar-refractivity contribution in [2.24, 2.45) is 17.3 Å². The van der Waals surface area contributed by atoms with Gasteiger partial charge in [-0.2, -0.15) is 5.10 Å². The number of carbonyl (C=O) groups is 1. The molecule has 4 aliphatic carbocycles. The second kappa shape index (κ2) is 7.31. The highest BCUT2D eigenvalue weighted by Gasteiger charge is 2.54. The molecule has 0 bridgehead atoms.